The van der Waals surface area contributed by atoms with Crippen molar-refractivity contribution in [3.63, 3.8) is 0 Å². The highest BCUT2D eigenvalue weighted by atomic mass is 16.2. The zero-order valence-electron chi connectivity index (χ0n) is 11.8. The lowest BCUT2D eigenvalue weighted by atomic mass is 9.64. The lowest BCUT2D eigenvalue weighted by molar-refractivity contribution is -0.134. The van der Waals surface area contributed by atoms with Crippen LogP contribution in [0, 0.1) is 22.7 Å². The first-order valence-corrected chi connectivity index (χ1v) is 6.81. The summed E-state index contributed by atoms with van der Waals surface area (Å²) in [5.41, 5.74) is -0.695. The maximum absolute atomic E-state index is 12.6. The SMILES string of the molecule is C[C@H]1CC(C)(C)C[C@]2(C1)NC(=O)N(CCC#N)C2=O. The first-order chi connectivity index (χ1) is 8.80. The molecule has 0 unspecified atom stereocenters. The Morgan fingerprint density at radius 1 is 1.42 bits per heavy atom. The number of nitrogens with one attached hydrogen (secondary N) is 1. The molecule has 1 saturated carbocycles. The lowest BCUT2D eigenvalue weighted by Crippen LogP contribution is -2.54. The number of carbonyl (C=O) groups is 2. The zero-order chi connectivity index (χ0) is 14.3. The summed E-state index contributed by atoms with van der Waals surface area (Å²) >= 11 is 0. The summed E-state index contributed by atoms with van der Waals surface area (Å²) in [6.45, 7) is 6.60. The van der Waals surface area contributed by atoms with Crippen molar-refractivity contribution in [2.45, 2.75) is 52.0 Å². The molecule has 104 valence electrons. The van der Waals surface area contributed by atoms with Gasteiger partial charge in [-0.05, 0) is 30.6 Å². The average Bonchev–Trinajstić information content (AvgIpc) is 2.45. The standard InChI is InChI=1S/C14H21N3O2/c1-10-7-13(2,3)9-14(8-10)11(18)17(6-4-5-15)12(19)16-14/h10H,4,6-9H2,1-3H3,(H,16,19)/t10-,14-/m0/s1. The average molecular weight is 263 g/mol. The van der Waals surface area contributed by atoms with Gasteiger partial charge in [0.25, 0.3) is 5.91 Å². The zero-order valence-corrected chi connectivity index (χ0v) is 11.8. The molecule has 2 rings (SSSR count). The van der Waals surface area contributed by atoms with Crippen molar-refractivity contribution in [3.8, 4) is 6.07 Å². The summed E-state index contributed by atoms with van der Waals surface area (Å²) in [6, 6.07) is 1.64. The van der Waals surface area contributed by atoms with Gasteiger partial charge in [-0.3, -0.25) is 9.69 Å². The molecule has 5 heteroatoms. The largest absolute Gasteiger partial charge is 0.325 e. The normalized spacial score (nSPS) is 33.4. The van der Waals surface area contributed by atoms with Gasteiger partial charge >= 0.3 is 6.03 Å². The van der Waals surface area contributed by atoms with Crippen molar-refractivity contribution in [1.82, 2.24) is 10.2 Å². The fourth-order valence-corrected chi connectivity index (χ4v) is 3.87. The Morgan fingerprint density at radius 3 is 2.68 bits per heavy atom. The van der Waals surface area contributed by atoms with Gasteiger partial charge in [-0.25, -0.2) is 4.79 Å². The molecule has 5 nitrogen and oxygen atoms in total. The second kappa shape index (κ2) is 4.52. The van der Waals surface area contributed by atoms with Crippen molar-refractivity contribution in [2.75, 3.05) is 6.54 Å². The van der Waals surface area contributed by atoms with Crippen LogP contribution in [-0.4, -0.2) is 28.9 Å². The molecule has 1 heterocycles. The second-order valence-electron chi connectivity index (χ2n) is 6.73. The topological polar surface area (TPSA) is 73.2 Å². The van der Waals surface area contributed by atoms with E-state index in [1.165, 1.54) is 4.90 Å². The van der Waals surface area contributed by atoms with Gasteiger partial charge < -0.3 is 5.32 Å². The van der Waals surface area contributed by atoms with E-state index in [2.05, 4.69) is 26.1 Å². The summed E-state index contributed by atoms with van der Waals surface area (Å²) in [5, 5.41) is 11.5. The van der Waals surface area contributed by atoms with E-state index in [1.54, 1.807) is 0 Å². The van der Waals surface area contributed by atoms with Gasteiger partial charge in [-0.2, -0.15) is 5.26 Å². The molecule has 1 saturated heterocycles. The number of nitriles is 1. The Kier molecular flexibility index (Phi) is 3.29. The third-order valence-corrected chi connectivity index (χ3v) is 4.07. The maximum Gasteiger partial charge on any atom is 0.325 e. The van der Waals surface area contributed by atoms with E-state index in [0.717, 1.165) is 6.42 Å². The van der Waals surface area contributed by atoms with Gasteiger partial charge in [0.2, 0.25) is 0 Å². The fraction of sp³-hybridized carbons (Fsp3) is 0.786. The highest BCUT2D eigenvalue weighted by Gasteiger charge is 2.55. The number of rotatable bonds is 2. The Balaban J connectivity index is 2.23. The van der Waals surface area contributed by atoms with Crippen LogP contribution in [0.4, 0.5) is 4.79 Å². The van der Waals surface area contributed by atoms with E-state index in [9.17, 15) is 9.59 Å². The summed E-state index contributed by atoms with van der Waals surface area (Å²) in [7, 11) is 0. The Morgan fingerprint density at radius 2 is 2.11 bits per heavy atom. The molecule has 2 atom stereocenters. The van der Waals surface area contributed by atoms with Crippen LogP contribution in [0.25, 0.3) is 0 Å². The van der Waals surface area contributed by atoms with Crippen molar-refractivity contribution < 1.29 is 9.59 Å². The molecule has 2 aliphatic rings. The van der Waals surface area contributed by atoms with Gasteiger partial charge in [0.1, 0.15) is 5.54 Å². The van der Waals surface area contributed by atoms with Gasteiger partial charge in [0.05, 0.1) is 12.5 Å². The van der Waals surface area contributed by atoms with E-state index in [0.29, 0.717) is 18.8 Å². The highest BCUT2D eigenvalue weighted by Crippen LogP contribution is 2.46. The number of urea groups is 1. The molecular weight excluding hydrogens is 242 g/mol. The molecule has 2 fully saturated rings. The molecular formula is C14H21N3O2. The molecule has 0 bridgehead atoms. The van der Waals surface area contributed by atoms with E-state index < -0.39 is 5.54 Å². The molecule has 0 aromatic heterocycles. The Hall–Kier alpha value is -1.57. The lowest BCUT2D eigenvalue weighted by Gasteiger charge is -2.43. The number of nitrogens with zero attached hydrogens (tertiary/aromatic N) is 2. The molecule has 0 aromatic rings. The van der Waals surface area contributed by atoms with Crippen LogP contribution >= 0.6 is 0 Å². The van der Waals surface area contributed by atoms with Crippen LogP contribution in [0.3, 0.4) is 0 Å². The van der Waals surface area contributed by atoms with Crippen LogP contribution in [0.5, 0.6) is 0 Å². The fourth-order valence-electron chi connectivity index (χ4n) is 3.87. The van der Waals surface area contributed by atoms with Gasteiger partial charge in [-0.15, -0.1) is 0 Å². The minimum Gasteiger partial charge on any atom is -0.323 e. The smallest absolute Gasteiger partial charge is 0.323 e. The number of amides is 3. The van der Waals surface area contributed by atoms with Gasteiger partial charge in [0, 0.05) is 6.54 Å². The molecule has 0 radical (unpaired) electrons. The minimum atomic E-state index is -0.742. The molecule has 19 heavy (non-hydrogen) atoms. The van der Waals surface area contributed by atoms with Gasteiger partial charge in [-0.1, -0.05) is 20.8 Å². The molecule has 1 aliphatic heterocycles. The van der Waals surface area contributed by atoms with Crippen LogP contribution in [-0.2, 0) is 4.79 Å². The van der Waals surface area contributed by atoms with Crippen LogP contribution in [0.1, 0.15) is 46.5 Å². The highest BCUT2D eigenvalue weighted by molar-refractivity contribution is 6.07. The molecule has 1 N–H and O–H groups in total. The summed E-state index contributed by atoms with van der Waals surface area (Å²) < 4.78 is 0. The van der Waals surface area contributed by atoms with E-state index in [-0.39, 0.29) is 30.3 Å². The third kappa shape index (κ3) is 2.44. The monoisotopic (exact) mass is 263 g/mol. The molecule has 3 amide bonds. The summed E-state index contributed by atoms with van der Waals surface area (Å²) in [4.78, 5) is 25.7. The molecule has 0 aromatic carbocycles. The quantitative estimate of drug-likeness (QED) is 0.775. The first kappa shape index (κ1) is 13.9. The van der Waals surface area contributed by atoms with E-state index in [4.69, 9.17) is 5.26 Å². The summed E-state index contributed by atoms with van der Waals surface area (Å²) in [6.07, 6.45) is 2.63. The molecule has 1 aliphatic carbocycles. The van der Waals surface area contributed by atoms with Crippen molar-refractivity contribution in [1.29, 1.82) is 5.26 Å². The number of hydrogen-bond donors (Lipinski definition) is 1. The number of carbonyl (C=O) groups excluding carboxylic acids is 2. The third-order valence-electron chi connectivity index (χ3n) is 4.07. The van der Waals surface area contributed by atoms with Crippen LogP contribution in [0.15, 0.2) is 0 Å². The van der Waals surface area contributed by atoms with E-state index >= 15 is 0 Å². The molecule has 1 spiro atoms. The van der Waals surface area contributed by atoms with Crippen LogP contribution in [0.2, 0.25) is 0 Å². The first-order valence-electron chi connectivity index (χ1n) is 6.81. The predicted molar refractivity (Wildman–Crippen MR) is 70.0 cm³/mol. The maximum atomic E-state index is 12.6. The van der Waals surface area contributed by atoms with Crippen molar-refractivity contribution >= 4 is 11.9 Å². The minimum absolute atomic E-state index is 0.0475. The summed E-state index contributed by atoms with van der Waals surface area (Å²) in [5.74, 6) is 0.260. The Labute approximate surface area is 113 Å². The predicted octanol–water partition coefficient (Wildman–Crippen LogP) is 2.04. The second-order valence-corrected chi connectivity index (χ2v) is 6.73. The Bertz CT molecular complexity index is 452. The van der Waals surface area contributed by atoms with Gasteiger partial charge in [0.15, 0.2) is 0 Å². The van der Waals surface area contributed by atoms with Crippen molar-refractivity contribution in [3.05, 3.63) is 0 Å². The van der Waals surface area contributed by atoms with Crippen LogP contribution < -0.4 is 5.32 Å². The number of hydrogen-bond acceptors (Lipinski definition) is 3. The van der Waals surface area contributed by atoms with E-state index in [1.807, 2.05) is 6.07 Å². The van der Waals surface area contributed by atoms with Crippen molar-refractivity contribution in [2.24, 2.45) is 11.3 Å². The number of imide groups is 1.